The predicted octanol–water partition coefficient (Wildman–Crippen LogP) is 1.59. The monoisotopic (exact) mass is 434 g/mol. The molecule has 1 aromatic carbocycles. The Bertz CT molecular complexity index is 817. The Morgan fingerprint density at radius 3 is 2.45 bits per heavy atom. The first-order valence-corrected chi connectivity index (χ1v) is 11.3. The van der Waals surface area contributed by atoms with Gasteiger partial charge in [0.1, 0.15) is 0 Å². The zero-order chi connectivity index (χ0) is 21.8. The summed E-state index contributed by atoms with van der Waals surface area (Å²) in [5.41, 5.74) is 3.32. The molecule has 0 spiro atoms. The summed E-state index contributed by atoms with van der Waals surface area (Å²) in [6.07, 6.45) is 12.6. The molecule has 0 amide bonds. The van der Waals surface area contributed by atoms with Crippen molar-refractivity contribution in [2.75, 3.05) is 11.9 Å². The van der Waals surface area contributed by atoms with Gasteiger partial charge in [0.05, 0.1) is 0 Å². The maximum absolute atomic E-state index is 13.1. The van der Waals surface area contributed by atoms with E-state index in [2.05, 4.69) is 12.2 Å². The molecule has 2 aromatic rings. The minimum atomic E-state index is -1.04. The number of ketones is 1. The van der Waals surface area contributed by atoms with E-state index in [1.165, 1.54) is 32.1 Å². The number of carboxylic acids is 1. The fourth-order valence-corrected chi connectivity index (χ4v) is 3.64. The summed E-state index contributed by atoms with van der Waals surface area (Å²) in [6, 6.07) is 7.69. The Labute approximate surface area is 208 Å². The van der Waals surface area contributed by atoms with Gasteiger partial charge in [0.15, 0.2) is 5.78 Å². The Balaban J connectivity index is 0.00000480. The first-order chi connectivity index (χ1) is 14.5. The van der Waals surface area contributed by atoms with Crippen molar-refractivity contribution in [3.05, 3.63) is 53.3 Å². The molecule has 1 N–H and O–H groups in total. The fourth-order valence-electron chi connectivity index (χ4n) is 3.64. The number of unbranched alkanes of at least 4 members (excludes halogenated alkanes) is 5. The largest absolute Gasteiger partial charge is 1.00 e. The average Bonchev–Trinajstić information content (AvgIpc) is 3.15. The summed E-state index contributed by atoms with van der Waals surface area (Å²) >= 11 is 0. The molecular weight excluding hydrogens is 399 g/mol. The molecule has 6 heteroatoms. The van der Waals surface area contributed by atoms with E-state index in [0.717, 1.165) is 30.6 Å². The van der Waals surface area contributed by atoms with Crippen molar-refractivity contribution in [3.8, 4) is 0 Å². The zero-order valence-electron chi connectivity index (χ0n) is 19.4. The van der Waals surface area contributed by atoms with Crippen LogP contribution in [0.15, 0.2) is 36.7 Å². The van der Waals surface area contributed by atoms with Crippen molar-refractivity contribution in [3.63, 3.8) is 0 Å². The van der Waals surface area contributed by atoms with Gasteiger partial charge in [-0.1, -0.05) is 58.1 Å². The molecule has 0 aliphatic carbocycles. The summed E-state index contributed by atoms with van der Waals surface area (Å²) in [6.45, 7) is 5.73. The van der Waals surface area contributed by atoms with E-state index in [0.29, 0.717) is 24.1 Å². The Kier molecular flexibility index (Phi) is 13.5. The number of carbonyl (C=O) groups is 2. The van der Waals surface area contributed by atoms with Crippen molar-refractivity contribution in [2.45, 2.75) is 78.2 Å². The third-order valence-corrected chi connectivity index (χ3v) is 5.37. The summed E-state index contributed by atoms with van der Waals surface area (Å²) in [5, 5.41) is 14.1. The molecule has 1 heterocycles. The van der Waals surface area contributed by atoms with E-state index in [9.17, 15) is 14.7 Å². The number of nitrogens with one attached hydrogen (secondary N) is 1. The standard InChI is InChI=1S/C25H36N2O3.Na/c1-3-5-6-7-8-9-15-26-22-13-10-12-21(17-22)25(30)23-19-27(18-20(23)4-2)16-11-14-24(28)29;/h10,12-13,17-19,26H,3-9,11,14-16H2,1-2H3,(H,28,29);/q;+1/p-1. The van der Waals surface area contributed by atoms with Crippen molar-refractivity contribution < 1.29 is 44.3 Å². The molecule has 0 atom stereocenters. The van der Waals surface area contributed by atoms with Crippen molar-refractivity contribution >= 4 is 17.4 Å². The minimum absolute atomic E-state index is 0. The van der Waals surface area contributed by atoms with Crippen molar-refractivity contribution in [1.29, 1.82) is 0 Å². The van der Waals surface area contributed by atoms with Gasteiger partial charge in [0, 0.05) is 48.3 Å². The Hall–Kier alpha value is -1.56. The normalized spacial score (nSPS) is 10.5. The number of aromatic nitrogens is 1. The molecule has 0 saturated carbocycles. The number of hydrogen-bond acceptors (Lipinski definition) is 4. The van der Waals surface area contributed by atoms with Gasteiger partial charge in [-0.15, -0.1) is 0 Å². The van der Waals surface area contributed by atoms with Crippen LogP contribution >= 0.6 is 0 Å². The molecule has 164 valence electrons. The minimum Gasteiger partial charge on any atom is -0.550 e. The molecule has 2 rings (SSSR count). The van der Waals surface area contributed by atoms with Gasteiger partial charge < -0.3 is 19.8 Å². The second-order valence-electron chi connectivity index (χ2n) is 7.87. The number of carboxylic acid groups (broad SMARTS) is 1. The molecule has 0 saturated heterocycles. The van der Waals surface area contributed by atoms with Gasteiger partial charge in [-0.25, -0.2) is 0 Å². The van der Waals surface area contributed by atoms with Crippen LogP contribution in [0.1, 0.15) is 86.7 Å². The van der Waals surface area contributed by atoms with Gasteiger partial charge in [-0.3, -0.25) is 4.79 Å². The van der Waals surface area contributed by atoms with Crippen LogP contribution in [0.25, 0.3) is 0 Å². The SMILES string of the molecule is CCCCCCCCNc1cccc(C(=O)c2cn(CCCC(=O)[O-])cc2CC)c1.[Na+]. The number of rotatable bonds is 15. The molecule has 5 nitrogen and oxygen atoms in total. The van der Waals surface area contributed by atoms with Crippen LogP contribution in [-0.4, -0.2) is 22.9 Å². The van der Waals surface area contributed by atoms with Crippen LogP contribution in [0.5, 0.6) is 0 Å². The number of aliphatic carboxylic acids is 1. The zero-order valence-corrected chi connectivity index (χ0v) is 21.4. The number of aryl methyl sites for hydroxylation is 2. The molecule has 31 heavy (non-hydrogen) atoms. The van der Waals surface area contributed by atoms with Crippen molar-refractivity contribution in [1.82, 2.24) is 4.57 Å². The fraction of sp³-hybridized carbons (Fsp3) is 0.520. The van der Waals surface area contributed by atoms with E-state index in [1.54, 1.807) is 0 Å². The van der Waals surface area contributed by atoms with Gasteiger partial charge >= 0.3 is 29.6 Å². The molecule has 1 aromatic heterocycles. The quantitative estimate of drug-likeness (QED) is 0.262. The third-order valence-electron chi connectivity index (χ3n) is 5.37. The summed E-state index contributed by atoms with van der Waals surface area (Å²) in [5.74, 6) is -1.03. The van der Waals surface area contributed by atoms with E-state index in [-0.39, 0.29) is 41.8 Å². The molecule has 0 aliphatic heterocycles. The molecule has 0 aliphatic rings. The molecule has 0 bridgehead atoms. The first kappa shape index (κ1) is 27.5. The third kappa shape index (κ3) is 9.63. The average molecular weight is 435 g/mol. The molecular formula is C25H35N2NaO3. The summed E-state index contributed by atoms with van der Waals surface area (Å²) < 4.78 is 1.91. The van der Waals surface area contributed by atoms with Crippen molar-refractivity contribution in [2.24, 2.45) is 0 Å². The van der Waals surface area contributed by atoms with Crippen LogP contribution < -0.4 is 40.0 Å². The van der Waals surface area contributed by atoms with Gasteiger partial charge in [-0.05, 0) is 43.4 Å². The predicted molar refractivity (Wildman–Crippen MR) is 120 cm³/mol. The number of anilines is 1. The second-order valence-corrected chi connectivity index (χ2v) is 7.87. The maximum Gasteiger partial charge on any atom is 1.00 e. The van der Waals surface area contributed by atoms with Crippen LogP contribution in [-0.2, 0) is 17.8 Å². The Morgan fingerprint density at radius 2 is 1.74 bits per heavy atom. The van der Waals surface area contributed by atoms with E-state index in [4.69, 9.17) is 0 Å². The second kappa shape index (κ2) is 15.3. The number of hydrogen-bond donors (Lipinski definition) is 1. The van der Waals surface area contributed by atoms with E-state index < -0.39 is 5.97 Å². The first-order valence-electron chi connectivity index (χ1n) is 11.3. The Morgan fingerprint density at radius 1 is 1.00 bits per heavy atom. The number of benzene rings is 1. The maximum atomic E-state index is 13.1. The van der Waals surface area contributed by atoms with E-state index >= 15 is 0 Å². The van der Waals surface area contributed by atoms with Gasteiger partial charge in [-0.2, -0.15) is 0 Å². The number of carbonyl (C=O) groups excluding carboxylic acids is 2. The summed E-state index contributed by atoms with van der Waals surface area (Å²) in [4.78, 5) is 23.7. The van der Waals surface area contributed by atoms with Crippen LogP contribution in [0.2, 0.25) is 0 Å². The van der Waals surface area contributed by atoms with E-state index in [1.807, 2.05) is 48.1 Å². The van der Waals surface area contributed by atoms with Crippen LogP contribution in [0.4, 0.5) is 5.69 Å². The summed E-state index contributed by atoms with van der Waals surface area (Å²) in [7, 11) is 0. The van der Waals surface area contributed by atoms with Crippen LogP contribution in [0.3, 0.4) is 0 Å². The van der Waals surface area contributed by atoms with Crippen LogP contribution in [0, 0.1) is 0 Å². The van der Waals surface area contributed by atoms with Gasteiger partial charge in [0.2, 0.25) is 0 Å². The molecule has 0 fully saturated rings. The molecule has 0 radical (unpaired) electrons. The topological polar surface area (TPSA) is 74.2 Å². The molecule has 0 unspecified atom stereocenters. The number of nitrogens with zero attached hydrogens (tertiary/aromatic N) is 1. The smallest absolute Gasteiger partial charge is 0.550 e. The van der Waals surface area contributed by atoms with Gasteiger partial charge in [0.25, 0.3) is 0 Å².